The third-order valence-corrected chi connectivity index (χ3v) is 1.27. The second kappa shape index (κ2) is 5.41. The first-order valence-corrected chi connectivity index (χ1v) is 4.08. The maximum Gasteiger partial charge on any atom is 0.419 e. The highest BCUT2D eigenvalue weighted by Gasteiger charge is 2.01. The van der Waals surface area contributed by atoms with Crippen molar-refractivity contribution in [3.8, 4) is 0 Å². The van der Waals surface area contributed by atoms with Crippen LogP contribution < -0.4 is 5.32 Å². The SMILES string of the molecule is CCNC(=O)OSC(C)C. The van der Waals surface area contributed by atoms with Crippen LogP contribution in [0.4, 0.5) is 4.79 Å². The van der Waals surface area contributed by atoms with E-state index in [1.54, 1.807) is 0 Å². The van der Waals surface area contributed by atoms with E-state index in [2.05, 4.69) is 5.32 Å². The summed E-state index contributed by atoms with van der Waals surface area (Å²) in [4.78, 5) is 10.6. The van der Waals surface area contributed by atoms with Crippen LogP contribution in [0.15, 0.2) is 0 Å². The molecule has 4 heteroatoms. The molecular weight excluding hydrogens is 150 g/mol. The molecule has 0 aromatic rings. The quantitative estimate of drug-likeness (QED) is 0.644. The molecule has 0 aromatic carbocycles. The molecule has 0 saturated heterocycles. The molecule has 0 fully saturated rings. The molecule has 0 unspecified atom stereocenters. The molecule has 60 valence electrons. The van der Waals surface area contributed by atoms with Gasteiger partial charge in [-0.3, -0.25) is 0 Å². The van der Waals surface area contributed by atoms with E-state index < -0.39 is 0 Å². The summed E-state index contributed by atoms with van der Waals surface area (Å²) in [6, 6.07) is 0. The first kappa shape index (κ1) is 9.62. The van der Waals surface area contributed by atoms with E-state index in [0.29, 0.717) is 11.8 Å². The molecule has 10 heavy (non-hydrogen) atoms. The van der Waals surface area contributed by atoms with Gasteiger partial charge in [0.15, 0.2) is 0 Å². The molecule has 0 atom stereocenters. The first-order valence-electron chi connectivity index (χ1n) is 3.28. The molecular formula is C6H13NO2S. The third-order valence-electron chi connectivity index (χ3n) is 0.637. The summed E-state index contributed by atoms with van der Waals surface area (Å²) in [6.45, 7) is 6.38. The van der Waals surface area contributed by atoms with Crippen molar-refractivity contribution in [1.82, 2.24) is 5.32 Å². The second-order valence-electron chi connectivity index (χ2n) is 2.05. The summed E-state index contributed by atoms with van der Waals surface area (Å²) in [7, 11) is 0. The average Bonchev–Trinajstić information content (AvgIpc) is 1.85. The third kappa shape index (κ3) is 5.75. The fraction of sp³-hybridized carbons (Fsp3) is 0.833. The van der Waals surface area contributed by atoms with Gasteiger partial charge in [-0.05, 0) is 6.92 Å². The Morgan fingerprint density at radius 2 is 2.30 bits per heavy atom. The average molecular weight is 163 g/mol. The first-order chi connectivity index (χ1) is 4.66. The van der Waals surface area contributed by atoms with Crippen LogP contribution >= 0.6 is 12.0 Å². The Morgan fingerprint density at radius 1 is 1.70 bits per heavy atom. The minimum atomic E-state index is -0.360. The Labute approximate surface area is 65.7 Å². The lowest BCUT2D eigenvalue weighted by molar-refractivity contribution is 0.209. The number of hydrogen-bond donors (Lipinski definition) is 1. The van der Waals surface area contributed by atoms with Crippen molar-refractivity contribution in [2.24, 2.45) is 0 Å². The lowest BCUT2D eigenvalue weighted by Gasteiger charge is -2.04. The molecule has 0 aromatic heterocycles. The van der Waals surface area contributed by atoms with E-state index in [1.165, 1.54) is 12.0 Å². The Bertz CT molecular complexity index is 106. The van der Waals surface area contributed by atoms with Gasteiger partial charge < -0.3 is 9.50 Å². The lowest BCUT2D eigenvalue weighted by atomic mass is 10.6. The number of nitrogens with one attached hydrogen (secondary N) is 1. The maximum absolute atomic E-state index is 10.6. The molecule has 0 bridgehead atoms. The topological polar surface area (TPSA) is 38.3 Å². The Hall–Kier alpha value is -0.380. The normalized spacial score (nSPS) is 9.60. The van der Waals surface area contributed by atoms with Crippen molar-refractivity contribution in [2.75, 3.05) is 6.54 Å². The molecule has 3 nitrogen and oxygen atoms in total. The zero-order valence-corrected chi connectivity index (χ0v) is 7.33. The summed E-state index contributed by atoms with van der Waals surface area (Å²) in [6.07, 6.45) is -0.360. The maximum atomic E-state index is 10.6. The van der Waals surface area contributed by atoms with Crippen molar-refractivity contribution in [2.45, 2.75) is 26.0 Å². The van der Waals surface area contributed by atoms with Gasteiger partial charge in [0.2, 0.25) is 0 Å². The van der Waals surface area contributed by atoms with Gasteiger partial charge in [0, 0.05) is 11.8 Å². The van der Waals surface area contributed by atoms with Crippen LogP contribution in [0.2, 0.25) is 0 Å². The molecule has 0 aliphatic carbocycles. The fourth-order valence-electron chi connectivity index (χ4n) is 0.314. The molecule has 0 rings (SSSR count). The fourth-order valence-corrected chi connectivity index (χ4v) is 0.652. The summed E-state index contributed by atoms with van der Waals surface area (Å²) >= 11 is 1.17. The minimum absolute atomic E-state index is 0.322. The molecule has 0 radical (unpaired) electrons. The summed E-state index contributed by atoms with van der Waals surface area (Å²) in [5, 5.41) is 2.84. The van der Waals surface area contributed by atoms with Gasteiger partial charge in [-0.2, -0.15) is 0 Å². The second-order valence-corrected chi connectivity index (χ2v) is 3.35. The van der Waals surface area contributed by atoms with E-state index in [0.717, 1.165) is 0 Å². The molecule has 0 heterocycles. The smallest absolute Gasteiger partial charge is 0.375 e. The van der Waals surface area contributed by atoms with Crippen LogP contribution in [0.3, 0.4) is 0 Å². The van der Waals surface area contributed by atoms with Crippen LogP contribution in [-0.2, 0) is 4.18 Å². The monoisotopic (exact) mass is 163 g/mol. The van der Waals surface area contributed by atoms with Crippen molar-refractivity contribution >= 4 is 18.1 Å². The van der Waals surface area contributed by atoms with Gasteiger partial charge in [-0.1, -0.05) is 13.8 Å². The molecule has 0 saturated carbocycles. The number of hydrogen-bond acceptors (Lipinski definition) is 3. The molecule has 0 spiro atoms. The van der Waals surface area contributed by atoms with Gasteiger partial charge >= 0.3 is 6.09 Å². The number of carbonyl (C=O) groups excluding carboxylic acids is 1. The van der Waals surface area contributed by atoms with Gasteiger partial charge in [0.25, 0.3) is 0 Å². The summed E-state index contributed by atoms with van der Waals surface area (Å²) < 4.78 is 4.71. The zero-order chi connectivity index (χ0) is 7.98. The molecule has 1 amide bonds. The standard InChI is InChI=1S/C6H13NO2S/c1-4-7-6(8)9-10-5(2)3/h5H,4H2,1-3H3,(H,7,8). The highest BCUT2D eigenvalue weighted by atomic mass is 32.2. The predicted molar refractivity (Wildman–Crippen MR) is 42.9 cm³/mol. The van der Waals surface area contributed by atoms with Crippen LogP contribution in [-0.4, -0.2) is 17.9 Å². The number of amides is 1. The molecule has 0 aliphatic heterocycles. The summed E-state index contributed by atoms with van der Waals surface area (Å²) in [5.41, 5.74) is 0. The number of carbonyl (C=O) groups is 1. The molecule has 1 N–H and O–H groups in total. The van der Waals surface area contributed by atoms with Crippen molar-refractivity contribution in [3.63, 3.8) is 0 Å². The van der Waals surface area contributed by atoms with E-state index in [9.17, 15) is 4.79 Å². The van der Waals surface area contributed by atoms with Crippen LogP contribution in [0.5, 0.6) is 0 Å². The van der Waals surface area contributed by atoms with Gasteiger partial charge in [0.05, 0.1) is 12.0 Å². The Morgan fingerprint density at radius 3 is 2.70 bits per heavy atom. The van der Waals surface area contributed by atoms with Gasteiger partial charge in [0.1, 0.15) is 0 Å². The van der Waals surface area contributed by atoms with Gasteiger partial charge in [-0.25, -0.2) is 4.79 Å². The van der Waals surface area contributed by atoms with E-state index in [4.69, 9.17) is 4.18 Å². The number of rotatable bonds is 3. The van der Waals surface area contributed by atoms with E-state index in [-0.39, 0.29) is 6.09 Å². The van der Waals surface area contributed by atoms with Gasteiger partial charge in [-0.15, -0.1) is 0 Å². The predicted octanol–water partition coefficient (Wildman–Crippen LogP) is 1.79. The van der Waals surface area contributed by atoms with E-state index >= 15 is 0 Å². The highest BCUT2D eigenvalue weighted by molar-refractivity contribution is 7.95. The van der Waals surface area contributed by atoms with Crippen LogP contribution in [0.1, 0.15) is 20.8 Å². The van der Waals surface area contributed by atoms with Crippen molar-refractivity contribution in [3.05, 3.63) is 0 Å². The van der Waals surface area contributed by atoms with Crippen LogP contribution in [0.25, 0.3) is 0 Å². The lowest BCUT2D eigenvalue weighted by Crippen LogP contribution is -2.21. The summed E-state index contributed by atoms with van der Waals surface area (Å²) in [5.74, 6) is 0. The van der Waals surface area contributed by atoms with Crippen molar-refractivity contribution in [1.29, 1.82) is 0 Å². The highest BCUT2D eigenvalue weighted by Crippen LogP contribution is 2.09. The molecule has 0 aliphatic rings. The van der Waals surface area contributed by atoms with Crippen LogP contribution in [0, 0.1) is 0 Å². The Balaban J connectivity index is 3.22. The minimum Gasteiger partial charge on any atom is -0.375 e. The Kier molecular flexibility index (Phi) is 5.20. The van der Waals surface area contributed by atoms with E-state index in [1.807, 2.05) is 20.8 Å². The van der Waals surface area contributed by atoms with Crippen molar-refractivity contribution < 1.29 is 8.98 Å². The zero-order valence-electron chi connectivity index (χ0n) is 6.51. The largest absolute Gasteiger partial charge is 0.419 e.